The van der Waals surface area contributed by atoms with Crippen molar-refractivity contribution in [1.29, 1.82) is 0 Å². The van der Waals surface area contributed by atoms with E-state index in [1.165, 1.54) is 16.3 Å². The second-order valence-corrected chi connectivity index (χ2v) is 6.71. The number of nitrogens with one attached hydrogen (secondary N) is 1. The van der Waals surface area contributed by atoms with Crippen LogP contribution < -0.4 is 5.32 Å². The number of hydrogen-bond acceptors (Lipinski definition) is 2. The normalized spacial score (nSPS) is 13.9. The Hall–Kier alpha value is -2.39. The van der Waals surface area contributed by atoms with Gasteiger partial charge in [0.05, 0.1) is 10.8 Å². The van der Waals surface area contributed by atoms with Crippen LogP contribution in [0.5, 0.6) is 0 Å². The lowest BCUT2D eigenvalue weighted by atomic mass is 9.92. The smallest absolute Gasteiger partial charge is 0.0504 e. The van der Waals surface area contributed by atoms with Crippen LogP contribution in [-0.2, 0) is 10.8 Å². The minimum atomic E-state index is -1.01. The van der Waals surface area contributed by atoms with Gasteiger partial charge in [-0.05, 0) is 40.3 Å². The van der Waals surface area contributed by atoms with Gasteiger partial charge in [0.25, 0.3) is 0 Å². The Morgan fingerprint density at radius 2 is 1.77 bits per heavy atom. The molecule has 3 aromatic carbocycles. The maximum atomic E-state index is 12.1. The van der Waals surface area contributed by atoms with Crippen molar-refractivity contribution in [1.82, 2.24) is 0 Å². The molecule has 0 fully saturated rings. The van der Waals surface area contributed by atoms with Crippen molar-refractivity contribution in [2.45, 2.75) is 4.90 Å². The molecular weight excluding hydrogens is 290 g/mol. The molecule has 3 aromatic rings. The molecule has 2 nitrogen and oxygen atoms in total. The lowest BCUT2D eigenvalue weighted by Gasteiger charge is -2.18. The van der Waals surface area contributed by atoms with Gasteiger partial charge < -0.3 is 5.32 Å². The SMILES string of the molecule is CS(=O)c1ccccc1-c1ccc2cccc3c2c1C=CN3. The fraction of sp³-hybridized carbons (Fsp3) is 0.0526. The highest BCUT2D eigenvalue weighted by Crippen LogP contribution is 2.39. The van der Waals surface area contributed by atoms with E-state index >= 15 is 0 Å². The molecule has 0 saturated heterocycles. The van der Waals surface area contributed by atoms with Crippen LogP contribution >= 0.6 is 0 Å². The summed E-state index contributed by atoms with van der Waals surface area (Å²) in [6.45, 7) is 0. The number of anilines is 1. The third kappa shape index (κ3) is 1.97. The van der Waals surface area contributed by atoms with Crippen molar-refractivity contribution in [2.75, 3.05) is 11.6 Å². The highest BCUT2D eigenvalue weighted by Gasteiger charge is 2.16. The van der Waals surface area contributed by atoms with Crippen molar-refractivity contribution < 1.29 is 4.21 Å². The zero-order valence-corrected chi connectivity index (χ0v) is 13.0. The molecule has 1 atom stereocenters. The molecule has 1 aliphatic rings. The molecule has 0 saturated carbocycles. The molecule has 108 valence electrons. The van der Waals surface area contributed by atoms with E-state index in [0.717, 1.165) is 21.7 Å². The minimum Gasteiger partial charge on any atom is -0.361 e. The van der Waals surface area contributed by atoms with Crippen molar-refractivity contribution >= 4 is 33.3 Å². The van der Waals surface area contributed by atoms with Gasteiger partial charge in [-0.25, -0.2) is 0 Å². The van der Waals surface area contributed by atoms with E-state index < -0.39 is 10.8 Å². The van der Waals surface area contributed by atoms with Gasteiger partial charge in [0.15, 0.2) is 0 Å². The van der Waals surface area contributed by atoms with Crippen molar-refractivity contribution in [3.05, 3.63) is 66.4 Å². The average molecular weight is 305 g/mol. The molecule has 0 spiro atoms. The Kier molecular flexibility index (Phi) is 3.09. The zero-order valence-electron chi connectivity index (χ0n) is 12.2. The van der Waals surface area contributed by atoms with Crippen LogP contribution in [0.1, 0.15) is 5.56 Å². The van der Waals surface area contributed by atoms with Crippen molar-refractivity contribution in [2.24, 2.45) is 0 Å². The van der Waals surface area contributed by atoms with E-state index in [2.05, 4.69) is 41.7 Å². The second kappa shape index (κ2) is 5.11. The van der Waals surface area contributed by atoms with Gasteiger partial charge in [-0.3, -0.25) is 4.21 Å². The van der Waals surface area contributed by atoms with Crippen LogP contribution in [0.3, 0.4) is 0 Å². The Balaban J connectivity index is 2.08. The van der Waals surface area contributed by atoms with Crippen LogP contribution in [0.25, 0.3) is 28.0 Å². The molecule has 1 aliphatic heterocycles. The molecular formula is C19H15NOS. The summed E-state index contributed by atoms with van der Waals surface area (Å²) < 4.78 is 12.1. The summed E-state index contributed by atoms with van der Waals surface area (Å²) >= 11 is 0. The largest absolute Gasteiger partial charge is 0.361 e. The monoisotopic (exact) mass is 305 g/mol. The highest BCUT2D eigenvalue weighted by molar-refractivity contribution is 7.84. The number of hydrogen-bond donors (Lipinski definition) is 1. The summed E-state index contributed by atoms with van der Waals surface area (Å²) in [7, 11) is -1.01. The molecule has 0 aliphatic carbocycles. The van der Waals surface area contributed by atoms with Gasteiger partial charge in [0.1, 0.15) is 0 Å². The quantitative estimate of drug-likeness (QED) is 0.747. The van der Waals surface area contributed by atoms with Crippen LogP contribution in [0.4, 0.5) is 5.69 Å². The van der Waals surface area contributed by atoms with Gasteiger partial charge >= 0.3 is 0 Å². The first-order chi connectivity index (χ1) is 10.8. The summed E-state index contributed by atoms with van der Waals surface area (Å²) in [4.78, 5) is 0.877. The third-order valence-electron chi connectivity index (χ3n) is 4.06. The first-order valence-corrected chi connectivity index (χ1v) is 8.73. The molecule has 4 rings (SSSR count). The van der Waals surface area contributed by atoms with E-state index in [0.29, 0.717) is 0 Å². The molecule has 22 heavy (non-hydrogen) atoms. The van der Waals surface area contributed by atoms with Crippen LogP contribution in [-0.4, -0.2) is 10.5 Å². The topological polar surface area (TPSA) is 29.1 Å². The first-order valence-electron chi connectivity index (χ1n) is 7.17. The van der Waals surface area contributed by atoms with E-state index in [1.54, 1.807) is 6.26 Å². The fourth-order valence-corrected chi connectivity index (χ4v) is 3.85. The Labute approximate surface area is 131 Å². The Morgan fingerprint density at radius 3 is 2.64 bits per heavy atom. The molecule has 1 N–H and O–H groups in total. The van der Waals surface area contributed by atoms with Crippen LogP contribution in [0.2, 0.25) is 0 Å². The standard InChI is InChI=1S/C19H15NOS/c1-22(21)18-8-3-2-6-15(18)14-10-9-13-5-4-7-17-19(13)16(14)11-12-20-17/h2-12,20H,1H3. The highest BCUT2D eigenvalue weighted by atomic mass is 32.2. The third-order valence-corrected chi connectivity index (χ3v) is 5.04. The molecule has 0 bridgehead atoms. The Morgan fingerprint density at radius 1 is 0.909 bits per heavy atom. The van der Waals surface area contributed by atoms with Crippen molar-refractivity contribution in [3.63, 3.8) is 0 Å². The molecule has 0 amide bonds. The summed E-state index contributed by atoms with van der Waals surface area (Å²) in [5.74, 6) is 0. The summed E-state index contributed by atoms with van der Waals surface area (Å²) in [5.41, 5.74) is 4.47. The lowest BCUT2D eigenvalue weighted by Crippen LogP contribution is -1.99. The van der Waals surface area contributed by atoms with E-state index in [1.807, 2.05) is 30.5 Å². The lowest BCUT2D eigenvalue weighted by molar-refractivity contribution is 0.687. The molecule has 0 radical (unpaired) electrons. The maximum Gasteiger partial charge on any atom is 0.0504 e. The summed E-state index contributed by atoms with van der Waals surface area (Å²) in [6, 6.07) is 18.5. The van der Waals surface area contributed by atoms with Gasteiger partial charge in [0, 0.05) is 28.4 Å². The maximum absolute atomic E-state index is 12.1. The molecule has 3 heteroatoms. The van der Waals surface area contributed by atoms with E-state index in [-0.39, 0.29) is 0 Å². The predicted molar refractivity (Wildman–Crippen MR) is 94.4 cm³/mol. The van der Waals surface area contributed by atoms with Gasteiger partial charge in [-0.1, -0.05) is 42.5 Å². The van der Waals surface area contributed by atoms with E-state index in [9.17, 15) is 4.21 Å². The van der Waals surface area contributed by atoms with Gasteiger partial charge in [-0.15, -0.1) is 0 Å². The summed E-state index contributed by atoms with van der Waals surface area (Å²) in [6.07, 6.45) is 5.79. The molecule has 1 unspecified atom stereocenters. The van der Waals surface area contributed by atoms with Crippen molar-refractivity contribution in [3.8, 4) is 11.1 Å². The van der Waals surface area contributed by atoms with Crippen LogP contribution in [0, 0.1) is 0 Å². The van der Waals surface area contributed by atoms with Crippen LogP contribution in [0.15, 0.2) is 65.7 Å². The summed E-state index contributed by atoms with van der Waals surface area (Å²) in [5, 5.41) is 5.74. The molecule has 1 heterocycles. The molecule has 0 aromatic heterocycles. The number of benzene rings is 3. The van der Waals surface area contributed by atoms with Gasteiger partial charge in [0.2, 0.25) is 0 Å². The number of rotatable bonds is 2. The zero-order chi connectivity index (χ0) is 15.1. The fourth-order valence-electron chi connectivity index (χ4n) is 3.09. The predicted octanol–water partition coefficient (Wildman–Crippen LogP) is 4.64. The van der Waals surface area contributed by atoms with E-state index in [4.69, 9.17) is 0 Å². The average Bonchev–Trinajstić information content (AvgIpc) is 2.56. The second-order valence-electron chi connectivity index (χ2n) is 5.36. The Bertz CT molecular complexity index is 943. The minimum absolute atomic E-state index is 0.877. The first kappa shape index (κ1) is 13.3. The van der Waals surface area contributed by atoms with Gasteiger partial charge in [-0.2, -0.15) is 0 Å².